The molecule has 3 aromatic carbocycles. The average Bonchev–Trinajstić information content (AvgIpc) is 3.28. The molecule has 5 rings (SSSR count). The maximum absolute atomic E-state index is 13.4. The van der Waals surface area contributed by atoms with Crippen LogP contribution in [-0.4, -0.2) is 31.7 Å². The number of amides is 1. The molecule has 0 radical (unpaired) electrons. The van der Waals surface area contributed by atoms with Gasteiger partial charge in [-0.15, -0.1) is 0 Å². The zero-order valence-electron chi connectivity index (χ0n) is 16.9. The monoisotopic (exact) mass is 470 g/mol. The molecular weight excluding hydrogens is 452 g/mol. The van der Waals surface area contributed by atoms with E-state index in [1.165, 1.54) is 16.4 Å². The minimum Gasteiger partial charge on any atom is -0.456 e. The predicted octanol–water partition coefficient (Wildman–Crippen LogP) is 5.27. The third-order valence-corrected chi connectivity index (χ3v) is 7.54. The minimum atomic E-state index is -3.89. The van der Waals surface area contributed by atoms with Crippen LogP contribution in [0.5, 0.6) is 23.0 Å². The SMILES string of the molecule is O=C1Nc2ccccc2Oc2cc(Oc3ccc(Cl)cc3)c(S(=O)(=O)N3CCCC3)cc21. The van der Waals surface area contributed by atoms with Crippen LogP contribution in [0.2, 0.25) is 5.02 Å². The molecule has 164 valence electrons. The largest absolute Gasteiger partial charge is 0.456 e. The summed E-state index contributed by atoms with van der Waals surface area (Å²) in [6.07, 6.45) is 1.58. The average molecular weight is 471 g/mol. The van der Waals surface area contributed by atoms with E-state index in [1.54, 1.807) is 48.5 Å². The van der Waals surface area contributed by atoms with Gasteiger partial charge < -0.3 is 14.8 Å². The Balaban J connectivity index is 1.66. The fourth-order valence-corrected chi connectivity index (χ4v) is 5.51. The van der Waals surface area contributed by atoms with Crippen molar-refractivity contribution in [3.63, 3.8) is 0 Å². The standard InChI is InChI=1S/C23H19ClN2O5S/c24-15-7-9-16(10-8-15)30-21-14-20-17(13-22(21)32(28,29)26-11-3-4-12-26)23(27)25-18-5-1-2-6-19(18)31-20/h1-2,5-10,13-14H,3-4,11-12H2,(H,25,27). The number of carbonyl (C=O) groups is 1. The lowest BCUT2D eigenvalue weighted by Gasteiger charge is -2.20. The number of benzene rings is 3. The van der Waals surface area contributed by atoms with Gasteiger partial charge in [-0.25, -0.2) is 8.42 Å². The fourth-order valence-electron chi connectivity index (χ4n) is 3.75. The molecule has 9 heteroatoms. The van der Waals surface area contributed by atoms with Gasteiger partial charge in [0.05, 0.1) is 11.3 Å². The van der Waals surface area contributed by atoms with Crippen molar-refractivity contribution in [2.45, 2.75) is 17.7 Å². The van der Waals surface area contributed by atoms with Crippen LogP contribution in [0.25, 0.3) is 0 Å². The highest BCUT2D eigenvalue weighted by Crippen LogP contribution is 2.42. The molecule has 0 atom stereocenters. The lowest BCUT2D eigenvalue weighted by Crippen LogP contribution is -2.28. The summed E-state index contributed by atoms with van der Waals surface area (Å²) in [6.45, 7) is 0.849. The Kier molecular flexibility index (Phi) is 5.28. The summed E-state index contributed by atoms with van der Waals surface area (Å²) in [7, 11) is -3.89. The van der Waals surface area contributed by atoms with Crippen LogP contribution in [0, 0.1) is 0 Å². The van der Waals surface area contributed by atoms with Gasteiger partial charge in [-0.3, -0.25) is 4.79 Å². The smallest absolute Gasteiger partial charge is 0.259 e. The van der Waals surface area contributed by atoms with E-state index in [-0.39, 0.29) is 22.0 Å². The predicted molar refractivity (Wildman–Crippen MR) is 120 cm³/mol. The van der Waals surface area contributed by atoms with Gasteiger partial charge in [0.1, 0.15) is 16.4 Å². The number of nitrogens with one attached hydrogen (secondary N) is 1. The Morgan fingerprint density at radius 2 is 1.69 bits per heavy atom. The minimum absolute atomic E-state index is 0.0742. The third kappa shape index (κ3) is 3.81. The van der Waals surface area contributed by atoms with Crippen molar-refractivity contribution in [1.29, 1.82) is 0 Å². The second kappa shape index (κ2) is 8.12. The Morgan fingerprint density at radius 1 is 0.969 bits per heavy atom. The first kappa shape index (κ1) is 20.8. The van der Waals surface area contributed by atoms with E-state index in [0.717, 1.165) is 12.8 Å². The van der Waals surface area contributed by atoms with Gasteiger partial charge in [0.2, 0.25) is 10.0 Å². The van der Waals surface area contributed by atoms with Crippen LogP contribution in [0.15, 0.2) is 65.6 Å². The molecule has 1 fully saturated rings. The van der Waals surface area contributed by atoms with Gasteiger partial charge in [-0.1, -0.05) is 23.7 Å². The van der Waals surface area contributed by atoms with Crippen LogP contribution in [-0.2, 0) is 10.0 Å². The van der Waals surface area contributed by atoms with E-state index in [1.807, 2.05) is 0 Å². The molecule has 2 heterocycles. The summed E-state index contributed by atoms with van der Waals surface area (Å²) >= 11 is 5.96. The van der Waals surface area contributed by atoms with Gasteiger partial charge in [0.15, 0.2) is 11.5 Å². The van der Waals surface area contributed by atoms with Crippen LogP contribution in [0.4, 0.5) is 5.69 Å². The number of halogens is 1. The lowest BCUT2D eigenvalue weighted by molar-refractivity contribution is 0.102. The van der Waals surface area contributed by atoms with E-state index in [2.05, 4.69) is 5.32 Å². The maximum atomic E-state index is 13.4. The Morgan fingerprint density at radius 3 is 2.44 bits per heavy atom. The molecule has 1 amide bonds. The highest BCUT2D eigenvalue weighted by molar-refractivity contribution is 7.89. The summed E-state index contributed by atoms with van der Waals surface area (Å²) in [5, 5.41) is 3.30. The van der Waals surface area contributed by atoms with Gasteiger partial charge in [0.25, 0.3) is 5.91 Å². The number of fused-ring (bicyclic) bond motifs is 2. The van der Waals surface area contributed by atoms with Crippen molar-refractivity contribution in [2.24, 2.45) is 0 Å². The number of carbonyl (C=O) groups excluding carboxylic acids is 1. The van der Waals surface area contributed by atoms with Crippen LogP contribution in [0.3, 0.4) is 0 Å². The number of ether oxygens (including phenoxy) is 2. The molecule has 3 aromatic rings. The Bertz CT molecular complexity index is 1300. The lowest BCUT2D eigenvalue weighted by atomic mass is 10.1. The maximum Gasteiger partial charge on any atom is 0.259 e. The van der Waals surface area contributed by atoms with E-state index >= 15 is 0 Å². The van der Waals surface area contributed by atoms with Crippen molar-refractivity contribution in [2.75, 3.05) is 18.4 Å². The normalized spacial score (nSPS) is 15.8. The first-order valence-electron chi connectivity index (χ1n) is 10.1. The van der Waals surface area contributed by atoms with Gasteiger partial charge in [-0.05, 0) is 55.3 Å². The first-order chi connectivity index (χ1) is 15.4. The molecular formula is C23H19ClN2O5S. The Labute approximate surface area is 190 Å². The molecule has 1 N–H and O–H groups in total. The zero-order chi connectivity index (χ0) is 22.3. The van der Waals surface area contributed by atoms with Crippen molar-refractivity contribution in [3.05, 3.63) is 71.2 Å². The number of hydrogen-bond acceptors (Lipinski definition) is 5. The molecule has 2 aliphatic heterocycles. The molecule has 0 spiro atoms. The molecule has 2 aliphatic rings. The molecule has 0 aromatic heterocycles. The van der Waals surface area contributed by atoms with Gasteiger partial charge in [0, 0.05) is 24.2 Å². The molecule has 32 heavy (non-hydrogen) atoms. The summed E-state index contributed by atoms with van der Waals surface area (Å²) in [6, 6.07) is 16.4. The second-order valence-electron chi connectivity index (χ2n) is 7.51. The molecule has 0 bridgehead atoms. The number of nitrogens with zero attached hydrogens (tertiary/aromatic N) is 1. The number of hydrogen-bond donors (Lipinski definition) is 1. The van der Waals surface area contributed by atoms with Crippen LogP contribution in [0.1, 0.15) is 23.2 Å². The second-order valence-corrected chi connectivity index (χ2v) is 9.86. The molecule has 0 aliphatic carbocycles. The van der Waals surface area contributed by atoms with E-state index in [9.17, 15) is 13.2 Å². The highest BCUT2D eigenvalue weighted by Gasteiger charge is 2.33. The molecule has 1 saturated heterocycles. The van der Waals surface area contributed by atoms with Crippen LogP contribution >= 0.6 is 11.6 Å². The van der Waals surface area contributed by atoms with E-state index in [4.69, 9.17) is 21.1 Å². The van der Waals surface area contributed by atoms with Gasteiger partial charge >= 0.3 is 0 Å². The Hall–Kier alpha value is -3.07. The van der Waals surface area contributed by atoms with Crippen LogP contribution < -0.4 is 14.8 Å². The van der Waals surface area contributed by atoms with Crippen molar-refractivity contribution < 1.29 is 22.7 Å². The molecule has 0 unspecified atom stereocenters. The summed E-state index contributed by atoms with van der Waals surface area (Å²) < 4.78 is 40.2. The summed E-state index contributed by atoms with van der Waals surface area (Å²) in [4.78, 5) is 12.8. The topological polar surface area (TPSA) is 84.9 Å². The number of anilines is 1. The first-order valence-corrected chi connectivity index (χ1v) is 11.9. The van der Waals surface area contributed by atoms with Crippen molar-refractivity contribution in [1.82, 2.24) is 4.31 Å². The van der Waals surface area contributed by atoms with Crippen molar-refractivity contribution >= 4 is 33.2 Å². The molecule has 7 nitrogen and oxygen atoms in total. The van der Waals surface area contributed by atoms with E-state index < -0.39 is 15.9 Å². The van der Waals surface area contributed by atoms with E-state index in [0.29, 0.717) is 35.3 Å². The fraction of sp³-hybridized carbons (Fsp3) is 0.174. The van der Waals surface area contributed by atoms with Gasteiger partial charge in [-0.2, -0.15) is 4.31 Å². The number of para-hydroxylation sites is 2. The molecule has 0 saturated carbocycles. The summed E-state index contributed by atoms with van der Waals surface area (Å²) in [5.41, 5.74) is 0.611. The van der Waals surface area contributed by atoms with Crippen molar-refractivity contribution in [3.8, 4) is 23.0 Å². The number of rotatable bonds is 4. The highest BCUT2D eigenvalue weighted by atomic mass is 35.5. The third-order valence-electron chi connectivity index (χ3n) is 5.37. The summed E-state index contributed by atoms with van der Waals surface area (Å²) in [5.74, 6) is 0.681. The quantitative estimate of drug-likeness (QED) is 0.561. The zero-order valence-corrected chi connectivity index (χ0v) is 18.4. The number of sulfonamides is 1.